The minimum absolute atomic E-state index is 0.243. The fourth-order valence-corrected chi connectivity index (χ4v) is 5.78. The van der Waals surface area contributed by atoms with Crippen molar-refractivity contribution < 1.29 is 9.90 Å². The van der Waals surface area contributed by atoms with Crippen molar-refractivity contribution in [3.8, 4) is 0 Å². The van der Waals surface area contributed by atoms with E-state index in [1.54, 1.807) is 10.9 Å². The molecule has 4 aliphatic carbocycles. The van der Waals surface area contributed by atoms with Gasteiger partial charge >= 0.3 is 5.97 Å². The molecule has 0 aliphatic heterocycles. The highest BCUT2D eigenvalue weighted by atomic mass is 16.4. The van der Waals surface area contributed by atoms with Gasteiger partial charge < -0.3 is 5.11 Å². The summed E-state index contributed by atoms with van der Waals surface area (Å²) in [6.07, 6.45) is 9.86. The molecule has 4 aliphatic rings. The van der Waals surface area contributed by atoms with Gasteiger partial charge in [-0.15, -0.1) is 0 Å². The number of hydrogen-bond acceptors (Lipinski definition) is 2. The summed E-state index contributed by atoms with van der Waals surface area (Å²) >= 11 is 0. The number of rotatable bonds is 3. The molecule has 0 saturated heterocycles. The Morgan fingerprint density at radius 3 is 2.25 bits per heavy atom. The van der Waals surface area contributed by atoms with Gasteiger partial charge in [0, 0.05) is 18.3 Å². The number of carboxylic acids is 1. The van der Waals surface area contributed by atoms with E-state index >= 15 is 0 Å². The highest BCUT2D eigenvalue weighted by Crippen LogP contribution is 2.60. The number of carbonyl (C=O) groups is 1. The van der Waals surface area contributed by atoms with Gasteiger partial charge in [0.2, 0.25) is 0 Å². The number of aromatic nitrogens is 2. The standard InChI is InChI=1S/C16H22N2O2/c1-16(15(19)20,18-4-2-3-17-18)14-12-6-10-5-11(8-12)9-13(14)7-10/h2-4,10-14H,5-9H2,1H3,(H,19,20). The van der Waals surface area contributed by atoms with Crippen LogP contribution in [0.15, 0.2) is 18.5 Å². The fraction of sp³-hybridized carbons (Fsp3) is 0.750. The summed E-state index contributed by atoms with van der Waals surface area (Å²) in [4.78, 5) is 12.1. The molecule has 1 aromatic heterocycles. The van der Waals surface area contributed by atoms with Crippen molar-refractivity contribution in [2.45, 2.75) is 44.6 Å². The molecule has 5 rings (SSSR count). The van der Waals surface area contributed by atoms with Gasteiger partial charge in [0.15, 0.2) is 5.54 Å². The van der Waals surface area contributed by atoms with Crippen LogP contribution in [0.4, 0.5) is 0 Å². The van der Waals surface area contributed by atoms with Crippen LogP contribution in [0.2, 0.25) is 0 Å². The molecule has 1 N–H and O–H groups in total. The van der Waals surface area contributed by atoms with Gasteiger partial charge in [0.1, 0.15) is 0 Å². The maximum atomic E-state index is 12.1. The van der Waals surface area contributed by atoms with E-state index in [-0.39, 0.29) is 5.92 Å². The number of aliphatic carboxylic acids is 1. The minimum atomic E-state index is -0.883. The molecule has 0 radical (unpaired) electrons. The van der Waals surface area contributed by atoms with Crippen molar-refractivity contribution in [3.63, 3.8) is 0 Å². The van der Waals surface area contributed by atoms with Crippen LogP contribution >= 0.6 is 0 Å². The summed E-state index contributed by atoms with van der Waals surface area (Å²) in [5.41, 5.74) is -0.883. The first-order chi connectivity index (χ1) is 9.59. The molecule has 0 aromatic carbocycles. The zero-order chi connectivity index (χ0) is 13.9. The Balaban J connectivity index is 1.76. The maximum absolute atomic E-state index is 12.1. The van der Waals surface area contributed by atoms with Crippen molar-refractivity contribution in [3.05, 3.63) is 18.5 Å². The van der Waals surface area contributed by atoms with E-state index in [1.807, 2.05) is 19.2 Å². The summed E-state index contributed by atoms with van der Waals surface area (Å²) in [7, 11) is 0. The molecular formula is C16H22N2O2. The Bertz CT molecular complexity index is 497. The molecule has 4 fully saturated rings. The lowest BCUT2D eigenvalue weighted by Crippen LogP contribution is -2.58. The molecule has 1 aromatic rings. The van der Waals surface area contributed by atoms with Crippen LogP contribution in [0, 0.1) is 29.6 Å². The molecule has 0 amide bonds. The highest BCUT2D eigenvalue weighted by molar-refractivity contribution is 5.76. The van der Waals surface area contributed by atoms with Crippen molar-refractivity contribution in [2.75, 3.05) is 0 Å². The second kappa shape index (κ2) is 4.09. The van der Waals surface area contributed by atoms with Gasteiger partial charge in [0.05, 0.1) is 0 Å². The summed E-state index contributed by atoms with van der Waals surface area (Å²) < 4.78 is 1.70. The van der Waals surface area contributed by atoms with Crippen LogP contribution in [-0.2, 0) is 10.3 Å². The maximum Gasteiger partial charge on any atom is 0.331 e. The molecule has 4 bridgehead atoms. The summed E-state index contributed by atoms with van der Waals surface area (Å²) in [6, 6.07) is 1.83. The van der Waals surface area contributed by atoms with Crippen LogP contribution in [0.3, 0.4) is 0 Å². The molecule has 0 spiro atoms. The van der Waals surface area contributed by atoms with Gasteiger partial charge in [-0.1, -0.05) is 0 Å². The lowest BCUT2D eigenvalue weighted by molar-refractivity contribution is -0.163. The Labute approximate surface area is 119 Å². The molecular weight excluding hydrogens is 252 g/mol. The smallest absolute Gasteiger partial charge is 0.331 e. The van der Waals surface area contributed by atoms with E-state index in [0.717, 1.165) is 11.8 Å². The average Bonchev–Trinajstić information content (AvgIpc) is 2.90. The van der Waals surface area contributed by atoms with Crippen LogP contribution in [-0.4, -0.2) is 20.9 Å². The van der Waals surface area contributed by atoms with Crippen LogP contribution in [0.1, 0.15) is 39.0 Å². The predicted octanol–water partition coefficient (Wildman–Crippen LogP) is 2.76. The highest BCUT2D eigenvalue weighted by Gasteiger charge is 2.58. The molecule has 108 valence electrons. The van der Waals surface area contributed by atoms with Crippen molar-refractivity contribution in [2.24, 2.45) is 29.6 Å². The molecule has 1 atom stereocenters. The predicted molar refractivity (Wildman–Crippen MR) is 74.0 cm³/mol. The molecule has 4 heteroatoms. The van der Waals surface area contributed by atoms with Crippen LogP contribution in [0.25, 0.3) is 0 Å². The fourth-order valence-electron chi connectivity index (χ4n) is 5.78. The quantitative estimate of drug-likeness (QED) is 0.922. The van der Waals surface area contributed by atoms with Crippen LogP contribution in [0.5, 0.6) is 0 Å². The third-order valence-corrected chi connectivity index (χ3v) is 6.29. The van der Waals surface area contributed by atoms with E-state index in [1.165, 1.54) is 32.1 Å². The first-order valence-electron chi connectivity index (χ1n) is 7.82. The van der Waals surface area contributed by atoms with Gasteiger partial charge in [-0.05, 0) is 68.8 Å². The van der Waals surface area contributed by atoms with Crippen molar-refractivity contribution in [1.82, 2.24) is 9.78 Å². The van der Waals surface area contributed by atoms with Gasteiger partial charge in [-0.3, -0.25) is 4.68 Å². The molecule has 4 saturated carbocycles. The Hall–Kier alpha value is -1.32. The lowest BCUT2D eigenvalue weighted by Gasteiger charge is -2.58. The Morgan fingerprint density at radius 1 is 1.20 bits per heavy atom. The average molecular weight is 274 g/mol. The van der Waals surface area contributed by atoms with Gasteiger partial charge in [-0.2, -0.15) is 5.10 Å². The normalized spacial score (nSPS) is 41.5. The molecule has 1 heterocycles. The van der Waals surface area contributed by atoms with Gasteiger partial charge in [-0.25, -0.2) is 4.79 Å². The summed E-state index contributed by atoms with van der Waals surface area (Å²) in [6.45, 7) is 1.88. The van der Waals surface area contributed by atoms with E-state index in [2.05, 4.69) is 5.10 Å². The van der Waals surface area contributed by atoms with E-state index < -0.39 is 11.5 Å². The number of carboxylic acid groups (broad SMARTS) is 1. The third-order valence-electron chi connectivity index (χ3n) is 6.29. The first-order valence-corrected chi connectivity index (χ1v) is 7.82. The van der Waals surface area contributed by atoms with Crippen molar-refractivity contribution in [1.29, 1.82) is 0 Å². The largest absolute Gasteiger partial charge is 0.479 e. The Kier molecular flexibility index (Phi) is 2.54. The minimum Gasteiger partial charge on any atom is -0.479 e. The van der Waals surface area contributed by atoms with Gasteiger partial charge in [0.25, 0.3) is 0 Å². The summed E-state index contributed by atoms with van der Waals surface area (Å²) in [5.74, 6) is 2.41. The summed E-state index contributed by atoms with van der Waals surface area (Å²) in [5, 5.41) is 14.2. The Morgan fingerprint density at radius 2 is 1.80 bits per heavy atom. The topological polar surface area (TPSA) is 55.1 Å². The van der Waals surface area contributed by atoms with E-state index in [4.69, 9.17) is 0 Å². The van der Waals surface area contributed by atoms with E-state index in [0.29, 0.717) is 11.8 Å². The number of hydrogen-bond donors (Lipinski definition) is 1. The third kappa shape index (κ3) is 1.54. The van der Waals surface area contributed by atoms with Crippen LogP contribution < -0.4 is 0 Å². The molecule has 1 unspecified atom stereocenters. The SMILES string of the molecule is CC(C(=O)O)(C1C2CC3CC(C2)CC1C3)n1cccn1. The second-order valence-electron chi connectivity index (χ2n) is 7.36. The molecule has 20 heavy (non-hydrogen) atoms. The molecule has 4 nitrogen and oxygen atoms in total. The van der Waals surface area contributed by atoms with Crippen molar-refractivity contribution >= 4 is 5.97 Å². The first kappa shape index (κ1) is 12.4. The number of nitrogens with zero attached hydrogens (tertiary/aromatic N) is 2. The zero-order valence-corrected chi connectivity index (χ0v) is 11.9. The zero-order valence-electron chi connectivity index (χ0n) is 11.9. The second-order valence-corrected chi connectivity index (χ2v) is 7.36. The lowest BCUT2D eigenvalue weighted by atomic mass is 9.48. The monoisotopic (exact) mass is 274 g/mol. The van der Waals surface area contributed by atoms with E-state index in [9.17, 15) is 9.90 Å².